The Morgan fingerprint density at radius 3 is 2.50 bits per heavy atom. The van der Waals surface area contributed by atoms with E-state index < -0.39 is 6.23 Å². The van der Waals surface area contributed by atoms with Gasteiger partial charge >= 0.3 is 0 Å². The van der Waals surface area contributed by atoms with E-state index in [1.165, 1.54) is 0 Å². The van der Waals surface area contributed by atoms with Gasteiger partial charge in [0.1, 0.15) is 23.0 Å². The fourth-order valence-corrected chi connectivity index (χ4v) is 4.44. The largest absolute Gasteiger partial charge is 0.497 e. The molecule has 2 atom stereocenters. The number of hydrazone groups is 1. The summed E-state index contributed by atoms with van der Waals surface area (Å²) in [4.78, 5) is 0. The van der Waals surface area contributed by atoms with Crippen molar-refractivity contribution in [2.45, 2.75) is 18.7 Å². The quantitative estimate of drug-likeness (QED) is 0.505. The van der Waals surface area contributed by atoms with Crippen LogP contribution in [-0.4, -0.2) is 32.0 Å². The molecule has 2 heterocycles. The molecule has 0 spiro atoms. The second-order valence-corrected chi connectivity index (χ2v) is 8.08. The predicted octanol–water partition coefficient (Wildman–Crippen LogP) is 5.61. The molecule has 2 aliphatic heterocycles. The Kier molecular flexibility index (Phi) is 5.31. The standard InChI is InChI=1S/C25H23ClN2O4/c1-29-17-6-4-5-15(11-17)21-14-22-20-12-16(26)7-10-23(20)32-25(28(22)27-21)19-9-8-18(30-2)13-24(19)31-3/h4-13,22,25H,14H2,1-3H3/t22-,25+/m1/s1. The molecule has 32 heavy (non-hydrogen) atoms. The summed E-state index contributed by atoms with van der Waals surface area (Å²) in [5, 5.41) is 7.67. The minimum atomic E-state index is -0.461. The average Bonchev–Trinajstić information content (AvgIpc) is 3.29. The van der Waals surface area contributed by atoms with Crippen molar-refractivity contribution < 1.29 is 18.9 Å². The molecule has 0 saturated carbocycles. The lowest BCUT2D eigenvalue weighted by molar-refractivity contribution is -0.0203. The van der Waals surface area contributed by atoms with Crippen LogP contribution in [0.2, 0.25) is 5.02 Å². The van der Waals surface area contributed by atoms with E-state index in [1.807, 2.05) is 65.7 Å². The summed E-state index contributed by atoms with van der Waals surface area (Å²) in [6.07, 6.45) is 0.261. The lowest BCUT2D eigenvalue weighted by atomic mass is 9.95. The Hall–Kier alpha value is -3.38. The molecule has 164 valence electrons. The van der Waals surface area contributed by atoms with Crippen molar-refractivity contribution >= 4 is 17.3 Å². The maximum atomic E-state index is 6.45. The van der Waals surface area contributed by atoms with Crippen molar-refractivity contribution in [3.05, 3.63) is 82.4 Å². The number of halogens is 1. The van der Waals surface area contributed by atoms with Crippen LogP contribution >= 0.6 is 11.6 Å². The molecule has 0 fully saturated rings. The number of methoxy groups -OCH3 is 3. The summed E-state index contributed by atoms with van der Waals surface area (Å²) >= 11 is 6.33. The maximum absolute atomic E-state index is 6.45. The van der Waals surface area contributed by atoms with Gasteiger partial charge in [-0.25, -0.2) is 5.01 Å². The first-order chi connectivity index (χ1) is 15.6. The van der Waals surface area contributed by atoms with Crippen LogP contribution < -0.4 is 18.9 Å². The van der Waals surface area contributed by atoms with Gasteiger partial charge < -0.3 is 18.9 Å². The van der Waals surface area contributed by atoms with E-state index in [-0.39, 0.29) is 6.04 Å². The third kappa shape index (κ3) is 3.50. The zero-order valence-electron chi connectivity index (χ0n) is 18.0. The Morgan fingerprint density at radius 1 is 0.906 bits per heavy atom. The zero-order chi connectivity index (χ0) is 22.2. The second kappa shape index (κ2) is 8.28. The van der Waals surface area contributed by atoms with E-state index in [1.54, 1.807) is 21.3 Å². The molecule has 3 aromatic rings. The first-order valence-electron chi connectivity index (χ1n) is 10.3. The zero-order valence-corrected chi connectivity index (χ0v) is 18.8. The smallest absolute Gasteiger partial charge is 0.217 e. The Bertz CT molecular complexity index is 1200. The molecule has 0 N–H and O–H groups in total. The maximum Gasteiger partial charge on any atom is 0.217 e. The van der Waals surface area contributed by atoms with Crippen LogP contribution in [0.15, 0.2) is 65.8 Å². The highest BCUT2D eigenvalue weighted by atomic mass is 35.5. The van der Waals surface area contributed by atoms with Gasteiger partial charge in [-0.1, -0.05) is 23.7 Å². The predicted molar refractivity (Wildman–Crippen MR) is 123 cm³/mol. The van der Waals surface area contributed by atoms with Gasteiger partial charge in [0.2, 0.25) is 6.23 Å². The summed E-state index contributed by atoms with van der Waals surface area (Å²) in [7, 11) is 4.94. The van der Waals surface area contributed by atoms with Crippen LogP contribution in [0.1, 0.15) is 35.4 Å². The number of rotatable bonds is 5. The van der Waals surface area contributed by atoms with Gasteiger partial charge in [-0.2, -0.15) is 5.10 Å². The molecule has 0 amide bonds. The van der Waals surface area contributed by atoms with Crippen molar-refractivity contribution in [1.29, 1.82) is 0 Å². The summed E-state index contributed by atoms with van der Waals surface area (Å²) in [6, 6.07) is 19.4. The summed E-state index contributed by atoms with van der Waals surface area (Å²) < 4.78 is 22.9. The van der Waals surface area contributed by atoms with Crippen LogP contribution in [0, 0.1) is 0 Å². The monoisotopic (exact) mass is 450 g/mol. The first-order valence-corrected chi connectivity index (χ1v) is 10.7. The van der Waals surface area contributed by atoms with Crippen LogP contribution in [0.25, 0.3) is 0 Å². The molecule has 0 unspecified atom stereocenters. The highest BCUT2D eigenvalue weighted by molar-refractivity contribution is 6.30. The molecule has 0 radical (unpaired) electrons. The highest BCUT2D eigenvalue weighted by Gasteiger charge is 2.42. The van der Waals surface area contributed by atoms with Crippen molar-refractivity contribution in [1.82, 2.24) is 5.01 Å². The molecule has 5 rings (SSSR count). The number of fused-ring (bicyclic) bond motifs is 3. The van der Waals surface area contributed by atoms with Gasteiger partial charge in [-0.3, -0.25) is 0 Å². The van der Waals surface area contributed by atoms with Crippen LogP contribution in [0.5, 0.6) is 23.0 Å². The second-order valence-electron chi connectivity index (χ2n) is 7.64. The van der Waals surface area contributed by atoms with Gasteiger partial charge in [-0.15, -0.1) is 0 Å². The Balaban J connectivity index is 1.61. The third-order valence-electron chi connectivity index (χ3n) is 5.86. The van der Waals surface area contributed by atoms with E-state index in [2.05, 4.69) is 0 Å². The van der Waals surface area contributed by atoms with E-state index in [4.69, 9.17) is 35.6 Å². The van der Waals surface area contributed by atoms with Crippen LogP contribution in [0.4, 0.5) is 0 Å². The normalized spacial score (nSPS) is 18.9. The third-order valence-corrected chi connectivity index (χ3v) is 6.10. The summed E-state index contributed by atoms with van der Waals surface area (Å²) in [5.74, 6) is 2.98. The van der Waals surface area contributed by atoms with Gasteiger partial charge in [0.25, 0.3) is 0 Å². The lowest BCUT2D eigenvalue weighted by Gasteiger charge is -2.38. The number of benzene rings is 3. The lowest BCUT2D eigenvalue weighted by Crippen LogP contribution is -2.34. The van der Waals surface area contributed by atoms with E-state index in [0.29, 0.717) is 16.5 Å². The van der Waals surface area contributed by atoms with Crippen molar-refractivity contribution in [3.63, 3.8) is 0 Å². The van der Waals surface area contributed by atoms with E-state index in [9.17, 15) is 0 Å². The van der Waals surface area contributed by atoms with Gasteiger partial charge in [-0.05, 0) is 42.5 Å². The molecule has 3 aromatic carbocycles. The summed E-state index contributed by atoms with van der Waals surface area (Å²) in [6.45, 7) is 0. The number of hydrogen-bond donors (Lipinski definition) is 0. The summed E-state index contributed by atoms with van der Waals surface area (Å²) in [5.41, 5.74) is 3.86. The minimum Gasteiger partial charge on any atom is -0.497 e. The van der Waals surface area contributed by atoms with Crippen LogP contribution in [0.3, 0.4) is 0 Å². The number of ether oxygens (including phenoxy) is 4. The molecule has 2 aliphatic rings. The Morgan fingerprint density at radius 2 is 1.72 bits per heavy atom. The topological polar surface area (TPSA) is 52.5 Å². The molecule has 0 aromatic heterocycles. The number of hydrogen-bond acceptors (Lipinski definition) is 6. The number of nitrogens with zero attached hydrogens (tertiary/aromatic N) is 2. The van der Waals surface area contributed by atoms with Crippen molar-refractivity contribution in [3.8, 4) is 23.0 Å². The minimum absolute atomic E-state index is 0.0181. The van der Waals surface area contributed by atoms with Crippen molar-refractivity contribution in [2.24, 2.45) is 5.10 Å². The van der Waals surface area contributed by atoms with Gasteiger partial charge in [0.15, 0.2) is 0 Å². The molecule has 0 aliphatic carbocycles. The van der Waals surface area contributed by atoms with E-state index >= 15 is 0 Å². The van der Waals surface area contributed by atoms with Crippen molar-refractivity contribution in [2.75, 3.05) is 21.3 Å². The molecule has 6 nitrogen and oxygen atoms in total. The van der Waals surface area contributed by atoms with Gasteiger partial charge in [0.05, 0.1) is 38.6 Å². The van der Waals surface area contributed by atoms with Gasteiger partial charge in [0, 0.05) is 28.6 Å². The molecule has 0 bridgehead atoms. The molecular weight excluding hydrogens is 428 g/mol. The molecular formula is C25H23ClN2O4. The molecule has 7 heteroatoms. The average molecular weight is 451 g/mol. The Labute approximate surface area is 191 Å². The van der Waals surface area contributed by atoms with E-state index in [0.717, 1.165) is 40.3 Å². The van der Waals surface area contributed by atoms with Crippen LogP contribution in [-0.2, 0) is 0 Å². The fraction of sp³-hybridized carbons (Fsp3) is 0.240. The highest BCUT2D eigenvalue weighted by Crippen LogP contribution is 2.49. The fourth-order valence-electron chi connectivity index (χ4n) is 4.26. The molecule has 0 saturated heterocycles. The SMILES string of the molecule is COc1cccc(C2=NN3[C@H](C2)c2cc(Cl)ccc2O[C@H]3c2ccc(OC)cc2OC)c1. The first kappa shape index (κ1) is 20.5.